The molecule has 0 N–H and O–H groups in total. The van der Waals surface area contributed by atoms with E-state index in [0.29, 0.717) is 54.5 Å². The molecule has 4 heterocycles. The maximum absolute atomic E-state index is 13.1. The molecule has 6 rings (SSSR count). The molecule has 0 amide bonds. The number of aromatic nitrogens is 3. The molecule has 2 aromatic heterocycles. The van der Waals surface area contributed by atoms with E-state index >= 15 is 0 Å². The van der Waals surface area contributed by atoms with Gasteiger partial charge in [-0.1, -0.05) is 11.6 Å². The van der Waals surface area contributed by atoms with Crippen molar-refractivity contribution in [2.24, 2.45) is 0 Å². The lowest BCUT2D eigenvalue weighted by molar-refractivity contribution is -0.128. The zero-order valence-electron chi connectivity index (χ0n) is 21.1. The van der Waals surface area contributed by atoms with Crippen LogP contribution in [0.5, 0.6) is 5.88 Å². The minimum Gasteiger partial charge on any atom is -0.494 e. The summed E-state index contributed by atoms with van der Waals surface area (Å²) in [6.45, 7) is 4.11. The molecule has 0 unspecified atom stereocenters. The Hall–Kier alpha value is -2.94. The molecule has 2 aromatic rings. The molecule has 0 aromatic carbocycles. The van der Waals surface area contributed by atoms with Crippen molar-refractivity contribution < 1.29 is 23.5 Å². The number of hydrogen-bond acceptors (Lipinski definition) is 9. The normalized spacial score (nSPS) is 27.2. The first kappa shape index (κ1) is 23.5. The van der Waals surface area contributed by atoms with Crippen molar-refractivity contribution in [1.82, 2.24) is 20.0 Å². The summed E-state index contributed by atoms with van der Waals surface area (Å²) in [6.07, 6.45) is 9.76. The van der Waals surface area contributed by atoms with Crippen LogP contribution in [-0.2, 0) is 26.1 Å². The largest absolute Gasteiger partial charge is 0.494 e. The van der Waals surface area contributed by atoms with Crippen LogP contribution in [0, 0.1) is 0 Å². The van der Waals surface area contributed by atoms with Gasteiger partial charge in [0.15, 0.2) is 23.0 Å². The second-order valence-electron chi connectivity index (χ2n) is 10.5. The Labute approximate surface area is 211 Å². The molecule has 2 aliphatic carbocycles. The van der Waals surface area contributed by atoms with Gasteiger partial charge in [0.1, 0.15) is 37.1 Å². The van der Waals surface area contributed by atoms with Crippen molar-refractivity contribution in [2.45, 2.75) is 82.3 Å². The first-order valence-electron chi connectivity index (χ1n) is 13.3. The molecule has 2 aliphatic heterocycles. The summed E-state index contributed by atoms with van der Waals surface area (Å²) in [4.78, 5) is 25.0. The molecule has 36 heavy (non-hydrogen) atoms. The highest BCUT2D eigenvalue weighted by Crippen LogP contribution is 2.47. The fourth-order valence-corrected chi connectivity index (χ4v) is 6.39. The number of ether oxygens (including phenoxy) is 3. The Kier molecular flexibility index (Phi) is 6.19. The van der Waals surface area contributed by atoms with E-state index < -0.39 is 5.41 Å². The van der Waals surface area contributed by atoms with Gasteiger partial charge in [-0.15, -0.1) is 0 Å². The van der Waals surface area contributed by atoms with Crippen LogP contribution in [0.15, 0.2) is 16.9 Å². The molecule has 2 fully saturated rings. The fourth-order valence-electron chi connectivity index (χ4n) is 6.39. The molecule has 1 saturated carbocycles. The fraction of sp³-hybridized carbons (Fsp3) is 0.630. The van der Waals surface area contributed by atoms with Crippen molar-refractivity contribution in [2.75, 3.05) is 26.8 Å². The van der Waals surface area contributed by atoms with Gasteiger partial charge >= 0.3 is 0 Å². The number of rotatable bonds is 5. The number of carbonyl (C=O) groups is 1. The molecule has 9 nitrogen and oxygen atoms in total. The van der Waals surface area contributed by atoms with Gasteiger partial charge in [-0.2, -0.15) is 4.98 Å². The van der Waals surface area contributed by atoms with Gasteiger partial charge < -0.3 is 18.7 Å². The highest BCUT2D eigenvalue weighted by Gasteiger charge is 2.48. The van der Waals surface area contributed by atoms with Crippen LogP contribution in [0.4, 0.5) is 0 Å². The Morgan fingerprint density at radius 3 is 2.81 bits per heavy atom. The van der Waals surface area contributed by atoms with Gasteiger partial charge in [-0.05, 0) is 65.5 Å². The van der Waals surface area contributed by atoms with Crippen molar-refractivity contribution in [3.05, 3.63) is 29.3 Å². The number of hydrogen-bond donors (Lipinski definition) is 0. The summed E-state index contributed by atoms with van der Waals surface area (Å²) in [5, 5.41) is 4.44. The van der Waals surface area contributed by atoms with Crippen LogP contribution in [0.25, 0.3) is 17.3 Å². The zero-order chi connectivity index (χ0) is 24.7. The van der Waals surface area contributed by atoms with E-state index in [0.717, 1.165) is 62.8 Å². The van der Waals surface area contributed by atoms with Crippen LogP contribution in [0.2, 0.25) is 0 Å². The van der Waals surface area contributed by atoms with E-state index in [-0.39, 0.29) is 11.9 Å². The van der Waals surface area contributed by atoms with E-state index in [1.54, 1.807) is 12.3 Å². The topological polar surface area (TPSA) is 99.8 Å². The Morgan fingerprint density at radius 1 is 1.14 bits per heavy atom. The van der Waals surface area contributed by atoms with Crippen LogP contribution in [0.1, 0.15) is 75.3 Å². The quantitative estimate of drug-likeness (QED) is 0.609. The molecule has 1 spiro atoms. The van der Waals surface area contributed by atoms with Crippen LogP contribution < -0.4 is 4.74 Å². The molecule has 0 bridgehead atoms. The smallest absolute Gasteiger partial charge is 0.217 e. The molecule has 192 valence electrons. The van der Waals surface area contributed by atoms with Gasteiger partial charge in [0.2, 0.25) is 5.88 Å². The third-order valence-electron chi connectivity index (χ3n) is 8.29. The Balaban J connectivity index is 1.39. The molecular weight excluding hydrogens is 460 g/mol. The van der Waals surface area contributed by atoms with Gasteiger partial charge in [0.05, 0.1) is 5.41 Å². The van der Waals surface area contributed by atoms with E-state index in [9.17, 15) is 4.79 Å². The average molecular weight is 495 g/mol. The third kappa shape index (κ3) is 4.07. The third-order valence-corrected chi connectivity index (χ3v) is 8.29. The SMILES string of the molecule is C[C@H](Oc1cc(C2=COCCO2)nc(-c2noc3c2CCC[C@@]32CCCCC2=O)n1)[C@@H]1CCCN1C. The Morgan fingerprint density at radius 2 is 2.03 bits per heavy atom. The average Bonchev–Trinajstić information content (AvgIpc) is 3.53. The molecular formula is C27H34N4O5. The lowest BCUT2D eigenvalue weighted by Crippen LogP contribution is -2.41. The summed E-state index contributed by atoms with van der Waals surface area (Å²) < 4.78 is 23.6. The number of likely N-dealkylation sites (tertiary alicyclic amines) is 1. The maximum Gasteiger partial charge on any atom is 0.217 e. The minimum absolute atomic E-state index is 0.0417. The predicted molar refractivity (Wildman–Crippen MR) is 131 cm³/mol. The van der Waals surface area contributed by atoms with Crippen molar-refractivity contribution in [1.29, 1.82) is 0 Å². The summed E-state index contributed by atoms with van der Waals surface area (Å²) in [7, 11) is 2.14. The Bertz CT molecular complexity index is 1180. The highest BCUT2D eigenvalue weighted by atomic mass is 16.6. The molecule has 0 radical (unpaired) electrons. The molecule has 3 atom stereocenters. The number of Topliss-reactive ketones (excluding diaryl/α,β-unsaturated/α-hetero) is 1. The lowest BCUT2D eigenvalue weighted by Gasteiger charge is -2.36. The highest BCUT2D eigenvalue weighted by molar-refractivity contribution is 5.91. The lowest BCUT2D eigenvalue weighted by atomic mass is 9.64. The van der Waals surface area contributed by atoms with Crippen molar-refractivity contribution in [3.63, 3.8) is 0 Å². The van der Waals surface area contributed by atoms with Gasteiger partial charge in [-0.3, -0.25) is 9.69 Å². The molecule has 4 aliphatic rings. The van der Waals surface area contributed by atoms with Crippen LogP contribution in [-0.4, -0.2) is 64.8 Å². The zero-order valence-corrected chi connectivity index (χ0v) is 21.1. The minimum atomic E-state index is -0.543. The van der Waals surface area contributed by atoms with Crippen LogP contribution >= 0.6 is 0 Å². The van der Waals surface area contributed by atoms with Crippen LogP contribution in [0.3, 0.4) is 0 Å². The van der Waals surface area contributed by atoms with E-state index in [1.165, 1.54) is 6.42 Å². The van der Waals surface area contributed by atoms with Crippen molar-refractivity contribution in [3.8, 4) is 17.4 Å². The first-order chi connectivity index (χ1) is 17.5. The molecule has 1 saturated heterocycles. The van der Waals surface area contributed by atoms with Crippen molar-refractivity contribution >= 4 is 11.5 Å². The predicted octanol–water partition coefficient (Wildman–Crippen LogP) is 4.06. The summed E-state index contributed by atoms with van der Waals surface area (Å²) >= 11 is 0. The second kappa shape index (κ2) is 9.50. The summed E-state index contributed by atoms with van der Waals surface area (Å²) in [6, 6.07) is 2.13. The number of likely N-dealkylation sites (N-methyl/N-ethyl adjacent to an activating group) is 1. The first-order valence-corrected chi connectivity index (χ1v) is 13.3. The van der Waals surface area contributed by atoms with E-state index in [1.807, 2.05) is 0 Å². The van der Waals surface area contributed by atoms with Gasteiger partial charge in [0, 0.05) is 24.1 Å². The molecule has 9 heteroatoms. The summed E-state index contributed by atoms with van der Waals surface area (Å²) in [5.74, 6) is 2.44. The maximum atomic E-state index is 13.1. The number of fused-ring (bicyclic) bond motifs is 2. The van der Waals surface area contributed by atoms with E-state index in [4.69, 9.17) is 28.7 Å². The second-order valence-corrected chi connectivity index (χ2v) is 10.5. The standard InChI is InChI=1S/C27H34N4O5/c1-17(20-8-6-12-31(20)2)35-23-15-19(21-16-33-13-14-34-21)28-26(29-23)24-18-7-5-11-27(25(18)36-30-24)10-4-3-9-22(27)32/h15-17,20H,3-14H2,1-2H3/t17-,20-,27+/m0/s1. The number of carbonyl (C=O) groups excluding carboxylic acids is 1. The summed E-state index contributed by atoms with van der Waals surface area (Å²) in [5.41, 5.74) is 1.59. The van der Waals surface area contributed by atoms with Gasteiger partial charge in [0.25, 0.3) is 0 Å². The number of ketones is 1. The van der Waals surface area contributed by atoms with E-state index in [2.05, 4.69) is 24.0 Å². The number of nitrogens with zero attached hydrogens (tertiary/aromatic N) is 4. The monoisotopic (exact) mass is 494 g/mol. The van der Waals surface area contributed by atoms with Gasteiger partial charge in [-0.25, -0.2) is 4.98 Å².